The summed E-state index contributed by atoms with van der Waals surface area (Å²) in [5, 5.41) is 5.21. The quantitative estimate of drug-likeness (QED) is 0.758. The van der Waals surface area contributed by atoms with Gasteiger partial charge in [-0.1, -0.05) is 26.2 Å². The molecule has 1 aliphatic carbocycles. The number of carbonyl (C=O) groups excluding carboxylic acids is 2. The summed E-state index contributed by atoms with van der Waals surface area (Å²) in [4.78, 5) is 29.3. The van der Waals surface area contributed by atoms with Crippen LogP contribution in [-0.2, 0) is 6.54 Å². The van der Waals surface area contributed by atoms with Crippen LogP contribution in [0.4, 0.5) is 5.13 Å². The Balaban J connectivity index is 1.82. The van der Waals surface area contributed by atoms with Crippen LogP contribution < -0.4 is 5.32 Å². The summed E-state index contributed by atoms with van der Waals surface area (Å²) in [5.74, 6) is 0.111. The zero-order valence-electron chi connectivity index (χ0n) is 14.0. The Morgan fingerprint density at radius 2 is 2.17 bits per heavy atom. The molecule has 0 unspecified atom stereocenters. The average Bonchev–Trinajstić information content (AvgIpc) is 3.32. The highest BCUT2D eigenvalue weighted by molar-refractivity contribution is 7.13. The number of nitrogens with one attached hydrogen (secondary N) is 1. The number of nitrogens with zero attached hydrogens (tertiary/aromatic N) is 2. The van der Waals surface area contributed by atoms with Crippen molar-refractivity contribution in [2.45, 2.75) is 52.0 Å². The maximum Gasteiger partial charge on any atom is 0.274 e. The summed E-state index contributed by atoms with van der Waals surface area (Å²) < 4.78 is 1.91. The van der Waals surface area contributed by atoms with E-state index in [9.17, 15) is 9.59 Å². The lowest BCUT2D eigenvalue weighted by atomic mass is 9.98. The van der Waals surface area contributed by atoms with E-state index in [1.807, 2.05) is 16.1 Å². The molecule has 2 heterocycles. The van der Waals surface area contributed by atoms with Crippen LogP contribution in [0.5, 0.6) is 0 Å². The normalized spacial score (nSPS) is 14.9. The van der Waals surface area contributed by atoms with Gasteiger partial charge in [-0.2, -0.15) is 0 Å². The van der Waals surface area contributed by atoms with E-state index >= 15 is 0 Å². The van der Waals surface area contributed by atoms with Gasteiger partial charge in [-0.05, 0) is 25.3 Å². The molecule has 24 heavy (non-hydrogen) atoms. The summed E-state index contributed by atoms with van der Waals surface area (Å²) in [6.07, 6.45) is 9.73. The van der Waals surface area contributed by atoms with Crippen molar-refractivity contribution in [2.24, 2.45) is 5.92 Å². The number of amides is 1. The molecule has 6 heteroatoms. The molecule has 5 nitrogen and oxygen atoms in total. The number of Topliss-reactive ketones (excluding diaryl/α,β-unsaturated/α-hetero) is 1. The molecule has 0 spiro atoms. The van der Waals surface area contributed by atoms with Crippen molar-refractivity contribution < 1.29 is 9.59 Å². The summed E-state index contributed by atoms with van der Waals surface area (Å²) in [6.45, 7) is 2.86. The topological polar surface area (TPSA) is 64.0 Å². The summed E-state index contributed by atoms with van der Waals surface area (Å²) in [5.41, 5.74) is 1.21. The van der Waals surface area contributed by atoms with E-state index in [4.69, 9.17) is 0 Å². The van der Waals surface area contributed by atoms with Crippen molar-refractivity contribution >= 4 is 28.2 Å². The second-order valence-electron chi connectivity index (χ2n) is 6.30. The standard InChI is InChI=1S/C18H23N3O2S/c1-2-3-9-21-12-14(16(22)13-6-4-5-7-13)11-15(21)17(23)20-18-19-8-10-24-18/h8,10-13H,2-7,9H2,1H3,(H,19,20,23). The minimum atomic E-state index is -0.202. The fourth-order valence-corrected chi connectivity index (χ4v) is 3.74. The Labute approximate surface area is 146 Å². The average molecular weight is 345 g/mol. The predicted octanol–water partition coefficient (Wildman–Crippen LogP) is 4.37. The number of hydrogen-bond donors (Lipinski definition) is 1. The van der Waals surface area contributed by atoms with Gasteiger partial charge in [-0.15, -0.1) is 11.3 Å². The Morgan fingerprint density at radius 3 is 2.83 bits per heavy atom. The van der Waals surface area contributed by atoms with Gasteiger partial charge >= 0.3 is 0 Å². The van der Waals surface area contributed by atoms with Crippen LogP contribution in [0.15, 0.2) is 23.8 Å². The highest BCUT2D eigenvalue weighted by atomic mass is 32.1. The lowest BCUT2D eigenvalue weighted by molar-refractivity contribution is 0.0922. The fourth-order valence-electron chi connectivity index (χ4n) is 3.22. The Bertz CT molecular complexity index is 700. The van der Waals surface area contributed by atoms with Crippen LogP contribution in [0.1, 0.15) is 66.3 Å². The molecule has 1 N–H and O–H groups in total. The first kappa shape index (κ1) is 16.9. The fraction of sp³-hybridized carbons (Fsp3) is 0.500. The summed E-state index contributed by atoms with van der Waals surface area (Å²) in [7, 11) is 0. The van der Waals surface area contributed by atoms with Crippen molar-refractivity contribution in [1.29, 1.82) is 0 Å². The molecule has 2 aromatic rings. The third-order valence-electron chi connectivity index (χ3n) is 4.55. The van der Waals surface area contributed by atoms with E-state index in [0.717, 1.165) is 45.1 Å². The SMILES string of the molecule is CCCCn1cc(C(=O)C2CCCC2)cc1C(=O)Nc1nccs1. The Morgan fingerprint density at radius 1 is 1.38 bits per heavy atom. The predicted molar refractivity (Wildman–Crippen MR) is 95.7 cm³/mol. The Hall–Kier alpha value is -1.95. The largest absolute Gasteiger partial charge is 0.343 e. The molecule has 128 valence electrons. The lowest BCUT2D eigenvalue weighted by Crippen LogP contribution is -2.16. The highest BCUT2D eigenvalue weighted by Crippen LogP contribution is 2.29. The third-order valence-corrected chi connectivity index (χ3v) is 5.23. The first-order chi connectivity index (χ1) is 11.7. The molecule has 0 saturated heterocycles. The van der Waals surface area contributed by atoms with E-state index in [1.165, 1.54) is 11.3 Å². The first-order valence-corrected chi connectivity index (χ1v) is 9.52. The van der Waals surface area contributed by atoms with Crippen LogP contribution in [0.2, 0.25) is 0 Å². The Kier molecular flexibility index (Phi) is 5.45. The number of carbonyl (C=O) groups is 2. The molecule has 1 aliphatic rings. The molecule has 2 aromatic heterocycles. The van der Waals surface area contributed by atoms with Crippen molar-refractivity contribution in [1.82, 2.24) is 9.55 Å². The van der Waals surface area contributed by atoms with Gasteiger partial charge in [0.15, 0.2) is 10.9 Å². The van der Waals surface area contributed by atoms with Crippen molar-refractivity contribution in [3.05, 3.63) is 35.1 Å². The lowest BCUT2D eigenvalue weighted by Gasteiger charge is -2.07. The van der Waals surface area contributed by atoms with Gasteiger partial charge in [0.05, 0.1) is 0 Å². The van der Waals surface area contributed by atoms with Crippen LogP contribution in [0.3, 0.4) is 0 Å². The van der Waals surface area contributed by atoms with Crippen LogP contribution in [0, 0.1) is 5.92 Å². The molecule has 1 saturated carbocycles. The maximum atomic E-state index is 12.7. The van der Waals surface area contributed by atoms with E-state index in [1.54, 1.807) is 12.3 Å². The van der Waals surface area contributed by atoms with E-state index in [-0.39, 0.29) is 17.6 Å². The third kappa shape index (κ3) is 3.75. The highest BCUT2D eigenvalue weighted by Gasteiger charge is 2.26. The molecule has 1 fully saturated rings. The minimum Gasteiger partial charge on any atom is -0.343 e. The van der Waals surface area contributed by atoms with Gasteiger partial charge < -0.3 is 4.57 Å². The summed E-state index contributed by atoms with van der Waals surface area (Å²) in [6, 6.07) is 1.75. The molecular weight excluding hydrogens is 322 g/mol. The molecule has 0 aliphatic heterocycles. The molecule has 3 rings (SSSR count). The zero-order chi connectivity index (χ0) is 16.9. The number of aromatic nitrogens is 2. The molecule has 0 atom stereocenters. The van der Waals surface area contributed by atoms with E-state index in [0.29, 0.717) is 16.4 Å². The number of ketones is 1. The number of rotatable bonds is 7. The van der Waals surface area contributed by atoms with Crippen molar-refractivity contribution in [3.8, 4) is 0 Å². The number of aryl methyl sites for hydroxylation is 1. The molecule has 0 bridgehead atoms. The smallest absolute Gasteiger partial charge is 0.274 e. The van der Waals surface area contributed by atoms with Crippen LogP contribution >= 0.6 is 11.3 Å². The molecule has 0 radical (unpaired) electrons. The van der Waals surface area contributed by atoms with Gasteiger partial charge in [-0.25, -0.2) is 4.98 Å². The second kappa shape index (κ2) is 7.75. The number of unbranched alkanes of at least 4 members (excludes halogenated alkanes) is 1. The van der Waals surface area contributed by atoms with Crippen LogP contribution in [0.25, 0.3) is 0 Å². The van der Waals surface area contributed by atoms with Crippen LogP contribution in [-0.4, -0.2) is 21.2 Å². The van der Waals surface area contributed by atoms with E-state index in [2.05, 4.69) is 17.2 Å². The van der Waals surface area contributed by atoms with Gasteiger partial charge in [0.2, 0.25) is 0 Å². The number of thiazole rings is 1. The molecule has 0 aromatic carbocycles. The number of hydrogen-bond acceptors (Lipinski definition) is 4. The van der Waals surface area contributed by atoms with Gasteiger partial charge in [0.1, 0.15) is 5.69 Å². The monoisotopic (exact) mass is 345 g/mol. The number of anilines is 1. The minimum absolute atomic E-state index is 0.127. The van der Waals surface area contributed by atoms with Gasteiger partial charge in [0.25, 0.3) is 5.91 Å². The van der Waals surface area contributed by atoms with Gasteiger partial charge in [-0.3, -0.25) is 14.9 Å². The van der Waals surface area contributed by atoms with Crippen molar-refractivity contribution in [3.63, 3.8) is 0 Å². The summed E-state index contributed by atoms with van der Waals surface area (Å²) >= 11 is 1.38. The van der Waals surface area contributed by atoms with Crippen molar-refractivity contribution in [2.75, 3.05) is 5.32 Å². The van der Waals surface area contributed by atoms with E-state index < -0.39 is 0 Å². The van der Waals surface area contributed by atoms with Gasteiger partial charge in [0, 0.05) is 35.8 Å². The molecule has 1 amide bonds. The first-order valence-electron chi connectivity index (χ1n) is 8.64. The molecular formula is C18H23N3O2S. The maximum absolute atomic E-state index is 12.7. The zero-order valence-corrected chi connectivity index (χ0v) is 14.8. The second-order valence-corrected chi connectivity index (χ2v) is 7.19.